The number of esters is 1. The highest BCUT2D eigenvalue weighted by atomic mass is 31.2. The van der Waals surface area contributed by atoms with E-state index >= 15 is 0 Å². The smallest absolute Gasteiger partial charge is 0.306 e. The summed E-state index contributed by atoms with van der Waals surface area (Å²) in [4.78, 5) is 24.9. The Balaban J connectivity index is 4.33. The van der Waals surface area contributed by atoms with Crippen LogP contribution in [0.3, 0.4) is 0 Å². The molecule has 8 nitrogen and oxygen atoms in total. The van der Waals surface area contributed by atoms with Crippen LogP contribution < -0.4 is 4.89 Å². The molecule has 2 unspecified atom stereocenters. The lowest BCUT2D eigenvalue weighted by molar-refractivity contribution is -0.870. The number of likely N-dealkylation sites (N-methyl/N-ethyl adjacent to an activating group) is 1. The fraction of sp³-hybridized carbons (Fsp3) is 0.725. The normalized spacial score (nSPS) is 14.7. The van der Waals surface area contributed by atoms with E-state index in [9.17, 15) is 14.3 Å². The van der Waals surface area contributed by atoms with Gasteiger partial charge in [0.15, 0.2) is 0 Å². The van der Waals surface area contributed by atoms with Crippen LogP contribution in [0, 0.1) is 0 Å². The van der Waals surface area contributed by atoms with Gasteiger partial charge in [-0.3, -0.25) is 9.36 Å². The third-order valence-electron chi connectivity index (χ3n) is 7.58. The van der Waals surface area contributed by atoms with Gasteiger partial charge in [0.05, 0.1) is 34.4 Å². The van der Waals surface area contributed by atoms with Crippen molar-refractivity contribution in [3.63, 3.8) is 0 Å². The zero-order valence-corrected chi connectivity index (χ0v) is 32.8. The number of carbonyl (C=O) groups is 1. The van der Waals surface area contributed by atoms with Gasteiger partial charge < -0.3 is 27.9 Å². The molecule has 49 heavy (non-hydrogen) atoms. The van der Waals surface area contributed by atoms with E-state index in [1.807, 2.05) is 21.1 Å². The zero-order chi connectivity index (χ0) is 36.3. The number of hydrogen-bond donors (Lipinski definition) is 0. The molecule has 0 aromatic rings. The monoisotopic (exact) mass is 710 g/mol. The van der Waals surface area contributed by atoms with E-state index < -0.39 is 13.9 Å². The van der Waals surface area contributed by atoms with E-state index in [1.165, 1.54) is 38.5 Å². The molecule has 9 heteroatoms. The predicted molar refractivity (Wildman–Crippen MR) is 203 cm³/mol. The van der Waals surface area contributed by atoms with Crippen LogP contribution in [0.5, 0.6) is 0 Å². The molecule has 0 spiro atoms. The van der Waals surface area contributed by atoms with Crippen molar-refractivity contribution in [2.24, 2.45) is 0 Å². The summed E-state index contributed by atoms with van der Waals surface area (Å²) in [7, 11) is 1.32. The van der Waals surface area contributed by atoms with Crippen molar-refractivity contribution >= 4 is 13.8 Å². The second-order valence-corrected chi connectivity index (χ2v) is 15.0. The third-order valence-corrected chi connectivity index (χ3v) is 8.55. The Hall–Kier alpha value is -1.80. The highest BCUT2D eigenvalue weighted by molar-refractivity contribution is 7.45. The zero-order valence-electron chi connectivity index (χ0n) is 31.9. The predicted octanol–water partition coefficient (Wildman–Crippen LogP) is 9.97. The number of nitrogens with zero attached hydrogens (tertiary/aromatic N) is 1. The molecular weight excluding hydrogens is 637 g/mol. The van der Waals surface area contributed by atoms with Gasteiger partial charge >= 0.3 is 5.97 Å². The summed E-state index contributed by atoms with van der Waals surface area (Å²) in [6, 6.07) is 0. The fourth-order valence-corrected chi connectivity index (χ4v) is 5.36. The van der Waals surface area contributed by atoms with Gasteiger partial charge in [-0.1, -0.05) is 126 Å². The van der Waals surface area contributed by atoms with Gasteiger partial charge in [0.25, 0.3) is 7.82 Å². The van der Waals surface area contributed by atoms with Gasteiger partial charge in [0.2, 0.25) is 0 Å². The van der Waals surface area contributed by atoms with Crippen molar-refractivity contribution in [3.8, 4) is 0 Å². The van der Waals surface area contributed by atoms with Gasteiger partial charge in [-0.25, -0.2) is 0 Å². The van der Waals surface area contributed by atoms with E-state index in [0.717, 1.165) is 64.2 Å². The van der Waals surface area contributed by atoms with E-state index in [0.29, 0.717) is 24.1 Å². The highest BCUT2D eigenvalue weighted by Gasteiger charge is 2.20. The van der Waals surface area contributed by atoms with E-state index in [4.69, 9.17) is 18.5 Å². The van der Waals surface area contributed by atoms with Crippen molar-refractivity contribution in [1.29, 1.82) is 0 Å². The SMILES string of the molecule is CC/C=C\C/C=C\C/C=C\C/C=C\C/C=C\CCCCCC(=O)OC(COCCCCCCCCCC)COP(=O)([O-])OCC[N+](C)(C)C. The molecule has 0 aliphatic heterocycles. The van der Waals surface area contributed by atoms with Crippen molar-refractivity contribution in [2.45, 2.75) is 136 Å². The summed E-state index contributed by atoms with van der Waals surface area (Å²) < 4.78 is 34.3. The summed E-state index contributed by atoms with van der Waals surface area (Å²) >= 11 is 0. The van der Waals surface area contributed by atoms with Crippen LogP contribution in [-0.4, -0.2) is 70.7 Å². The van der Waals surface area contributed by atoms with Crippen molar-refractivity contribution in [3.05, 3.63) is 60.8 Å². The Kier molecular flexibility index (Phi) is 32.1. The number of carbonyl (C=O) groups excluding carboxylic acids is 1. The number of ether oxygens (including phenoxy) is 2. The van der Waals surface area contributed by atoms with E-state index in [1.54, 1.807) is 0 Å². The van der Waals surface area contributed by atoms with Gasteiger partial charge in [0, 0.05) is 13.0 Å². The standard InChI is InChI=1S/C40H72NO7P/c1-6-8-10-12-14-16-17-18-19-20-21-22-23-24-25-26-27-29-31-33-40(42)48-39(37-45-35-32-30-28-15-13-11-9-7-2)38-47-49(43,44)46-36-34-41(3,4)5/h8,10,14,16,18-19,21-22,24-25,39H,6-7,9,11-13,15,17,20,23,26-38H2,1-5H3/b10-8-,16-14-,19-18-,22-21-,25-24-. The Bertz CT molecular complexity index is 968. The van der Waals surface area contributed by atoms with Crippen LogP contribution in [0.4, 0.5) is 0 Å². The molecule has 0 amide bonds. The largest absolute Gasteiger partial charge is 0.756 e. The number of unbranched alkanes of at least 4 members (excludes halogenated alkanes) is 10. The number of allylic oxidation sites excluding steroid dienone is 10. The first-order valence-corrected chi connectivity index (χ1v) is 20.5. The topological polar surface area (TPSA) is 94.1 Å². The molecule has 0 rings (SSSR count). The van der Waals surface area contributed by atoms with E-state index in [2.05, 4.69) is 74.6 Å². The molecule has 0 N–H and O–H groups in total. The van der Waals surface area contributed by atoms with Crippen LogP contribution in [0.2, 0.25) is 0 Å². The average molecular weight is 710 g/mol. The molecule has 0 heterocycles. The molecular formula is C40H72NO7P. The van der Waals surface area contributed by atoms with Crippen LogP contribution in [0.1, 0.15) is 129 Å². The van der Waals surface area contributed by atoms with Gasteiger partial charge in [0.1, 0.15) is 19.3 Å². The summed E-state index contributed by atoms with van der Waals surface area (Å²) in [5.41, 5.74) is 0. The minimum Gasteiger partial charge on any atom is -0.756 e. The molecule has 2 atom stereocenters. The quantitative estimate of drug-likeness (QED) is 0.0216. The van der Waals surface area contributed by atoms with Crippen LogP contribution >= 0.6 is 7.82 Å². The molecule has 0 aliphatic rings. The Morgan fingerprint density at radius 1 is 0.653 bits per heavy atom. The summed E-state index contributed by atoms with van der Waals surface area (Å²) in [5, 5.41) is 0. The summed E-state index contributed by atoms with van der Waals surface area (Å²) in [5.74, 6) is -0.370. The number of hydrogen-bond acceptors (Lipinski definition) is 7. The van der Waals surface area contributed by atoms with E-state index in [-0.39, 0.29) is 32.2 Å². The van der Waals surface area contributed by atoms with Gasteiger partial charge in [-0.05, 0) is 57.8 Å². The first kappa shape index (κ1) is 47.2. The average Bonchev–Trinajstić information content (AvgIpc) is 3.04. The molecule has 0 aliphatic carbocycles. The maximum Gasteiger partial charge on any atom is 0.306 e. The number of phosphoric acid groups is 1. The van der Waals surface area contributed by atoms with Crippen LogP contribution in [-0.2, 0) is 27.9 Å². The molecule has 0 saturated heterocycles. The molecule has 284 valence electrons. The number of phosphoric ester groups is 1. The first-order valence-electron chi connectivity index (χ1n) is 19.0. The molecule has 0 aromatic carbocycles. The molecule has 0 fully saturated rings. The minimum absolute atomic E-state index is 0.0172. The summed E-state index contributed by atoms with van der Waals surface area (Å²) in [6.45, 7) is 5.20. The third kappa shape index (κ3) is 37.3. The lowest BCUT2D eigenvalue weighted by atomic mass is 10.1. The van der Waals surface area contributed by atoms with Crippen molar-refractivity contribution in [1.82, 2.24) is 0 Å². The van der Waals surface area contributed by atoms with Crippen molar-refractivity contribution < 1.29 is 37.3 Å². The van der Waals surface area contributed by atoms with Crippen molar-refractivity contribution in [2.75, 3.05) is 54.1 Å². The second-order valence-electron chi connectivity index (χ2n) is 13.6. The van der Waals surface area contributed by atoms with Crippen LogP contribution in [0.15, 0.2) is 60.8 Å². The lowest BCUT2D eigenvalue weighted by Gasteiger charge is -2.28. The molecule has 0 radical (unpaired) electrons. The molecule has 0 aromatic heterocycles. The molecule has 0 saturated carbocycles. The van der Waals surface area contributed by atoms with Gasteiger partial charge in [-0.15, -0.1) is 0 Å². The Labute approximate surface area is 300 Å². The second kappa shape index (κ2) is 33.3. The summed E-state index contributed by atoms with van der Waals surface area (Å²) in [6.07, 6.45) is 39.5. The maximum atomic E-state index is 12.6. The number of quaternary nitrogens is 1. The Morgan fingerprint density at radius 2 is 1.18 bits per heavy atom. The number of rotatable bonds is 34. The minimum atomic E-state index is -4.52. The highest BCUT2D eigenvalue weighted by Crippen LogP contribution is 2.38. The fourth-order valence-electron chi connectivity index (χ4n) is 4.63. The lowest BCUT2D eigenvalue weighted by Crippen LogP contribution is -2.37. The van der Waals surface area contributed by atoms with Crippen LogP contribution in [0.25, 0.3) is 0 Å². The maximum absolute atomic E-state index is 12.6. The Morgan fingerprint density at radius 3 is 1.76 bits per heavy atom. The molecule has 0 bridgehead atoms. The first-order chi connectivity index (χ1) is 23.6. The van der Waals surface area contributed by atoms with Gasteiger partial charge in [-0.2, -0.15) is 0 Å².